The van der Waals surface area contributed by atoms with Crippen molar-refractivity contribution in [3.63, 3.8) is 0 Å². The quantitative estimate of drug-likeness (QED) is 0.740. The first-order chi connectivity index (χ1) is 13.0. The van der Waals surface area contributed by atoms with E-state index in [-0.39, 0.29) is 5.91 Å². The third kappa shape index (κ3) is 5.06. The number of urea groups is 1. The highest BCUT2D eigenvalue weighted by Crippen LogP contribution is 2.34. The number of nitrogens with zero attached hydrogens (tertiary/aromatic N) is 2. The summed E-state index contributed by atoms with van der Waals surface area (Å²) in [7, 11) is 0. The Balaban J connectivity index is 1.62. The number of thioether (sulfide) groups is 1. The van der Waals surface area contributed by atoms with Crippen molar-refractivity contribution in [3.05, 3.63) is 28.2 Å². The molecule has 1 aromatic carbocycles. The number of carbonyl (C=O) groups is 2. The first-order valence-electron chi connectivity index (χ1n) is 8.87. The minimum atomic E-state index is -0.655. The number of hydrogen-bond donors (Lipinski definition) is 2. The standard InChI is InChI=1S/C18H23ClN4O2S2/c1-26-9-6-13(22-18(20)25)17(24)23-7-4-11(5-8-23)16-21-14-10-12(19)2-3-15(14)27-16/h2-3,10-11,13H,4-9H2,1H3,(H3,20,22,25). The van der Waals surface area contributed by atoms with Gasteiger partial charge in [-0.25, -0.2) is 9.78 Å². The van der Waals surface area contributed by atoms with Gasteiger partial charge in [-0.15, -0.1) is 11.3 Å². The van der Waals surface area contributed by atoms with Crippen LogP contribution in [0.2, 0.25) is 5.02 Å². The highest BCUT2D eigenvalue weighted by atomic mass is 35.5. The molecule has 3 amide bonds. The molecule has 1 aromatic heterocycles. The topological polar surface area (TPSA) is 88.3 Å². The number of hydrogen-bond acceptors (Lipinski definition) is 5. The molecule has 2 aromatic rings. The van der Waals surface area contributed by atoms with Crippen molar-refractivity contribution < 1.29 is 9.59 Å². The van der Waals surface area contributed by atoms with Crippen LogP contribution in [-0.4, -0.2) is 53.0 Å². The third-order valence-corrected chi connectivity index (χ3v) is 6.83. The van der Waals surface area contributed by atoms with Crippen molar-refractivity contribution >= 4 is 56.9 Å². The molecule has 1 atom stereocenters. The Kier molecular flexibility index (Phi) is 6.83. The van der Waals surface area contributed by atoms with Gasteiger partial charge in [-0.3, -0.25) is 4.79 Å². The summed E-state index contributed by atoms with van der Waals surface area (Å²) in [5.41, 5.74) is 6.17. The average Bonchev–Trinajstić information content (AvgIpc) is 3.07. The van der Waals surface area contributed by atoms with Crippen LogP contribution in [0, 0.1) is 0 Å². The fourth-order valence-corrected chi connectivity index (χ4v) is 5.08. The molecule has 0 bridgehead atoms. The Morgan fingerprint density at radius 3 is 2.85 bits per heavy atom. The number of fused-ring (bicyclic) bond motifs is 1. The van der Waals surface area contributed by atoms with Crippen molar-refractivity contribution in [2.75, 3.05) is 25.1 Å². The Hall–Kier alpha value is -1.51. The molecular weight excluding hydrogens is 404 g/mol. The monoisotopic (exact) mass is 426 g/mol. The summed E-state index contributed by atoms with van der Waals surface area (Å²) in [6.45, 7) is 1.33. The Bertz CT molecular complexity index is 821. The normalized spacial score (nSPS) is 16.4. The Morgan fingerprint density at radius 1 is 1.44 bits per heavy atom. The summed E-state index contributed by atoms with van der Waals surface area (Å²) in [5, 5.41) is 4.39. The molecule has 0 aliphatic carbocycles. The number of nitrogens with two attached hydrogens (primary N) is 1. The summed E-state index contributed by atoms with van der Waals surface area (Å²) in [5.74, 6) is 1.10. The van der Waals surface area contributed by atoms with Gasteiger partial charge < -0.3 is 16.0 Å². The van der Waals surface area contributed by atoms with Gasteiger partial charge in [0, 0.05) is 24.0 Å². The zero-order valence-electron chi connectivity index (χ0n) is 15.1. The van der Waals surface area contributed by atoms with Crippen LogP contribution >= 0.6 is 34.7 Å². The van der Waals surface area contributed by atoms with E-state index in [4.69, 9.17) is 22.3 Å². The number of likely N-dealkylation sites (tertiary alicyclic amines) is 1. The minimum absolute atomic E-state index is 0.0441. The lowest BCUT2D eigenvalue weighted by Crippen LogP contribution is -2.52. The van der Waals surface area contributed by atoms with Gasteiger partial charge in [0.1, 0.15) is 6.04 Å². The molecule has 1 aliphatic rings. The largest absolute Gasteiger partial charge is 0.352 e. The molecule has 9 heteroatoms. The van der Waals surface area contributed by atoms with Gasteiger partial charge in [0.25, 0.3) is 0 Å². The molecule has 27 heavy (non-hydrogen) atoms. The van der Waals surface area contributed by atoms with Crippen molar-refractivity contribution in [1.82, 2.24) is 15.2 Å². The molecule has 3 N–H and O–H groups in total. The Labute approximate surface area is 171 Å². The van der Waals surface area contributed by atoms with Gasteiger partial charge in [0.2, 0.25) is 5.91 Å². The number of aromatic nitrogens is 1. The number of benzene rings is 1. The second-order valence-corrected chi connectivity index (χ2v) is 9.09. The number of nitrogens with one attached hydrogen (secondary N) is 1. The number of primary amides is 1. The SMILES string of the molecule is CSCCC(NC(N)=O)C(=O)N1CCC(c2nc3cc(Cl)ccc3s2)CC1. The first kappa shape index (κ1) is 20.2. The predicted molar refractivity (Wildman–Crippen MR) is 113 cm³/mol. The van der Waals surface area contributed by atoms with Crippen LogP contribution in [0.1, 0.15) is 30.2 Å². The van der Waals surface area contributed by atoms with E-state index in [9.17, 15) is 9.59 Å². The van der Waals surface area contributed by atoms with Gasteiger partial charge in [-0.1, -0.05) is 11.6 Å². The fourth-order valence-electron chi connectivity index (χ4n) is 3.33. The van der Waals surface area contributed by atoms with E-state index in [0.717, 1.165) is 33.8 Å². The summed E-state index contributed by atoms with van der Waals surface area (Å²) in [4.78, 5) is 30.6. The van der Waals surface area contributed by atoms with E-state index in [1.807, 2.05) is 29.4 Å². The first-order valence-corrected chi connectivity index (χ1v) is 11.5. The van der Waals surface area contributed by atoms with Crippen molar-refractivity contribution in [3.8, 4) is 0 Å². The van der Waals surface area contributed by atoms with E-state index in [2.05, 4.69) is 5.32 Å². The van der Waals surface area contributed by atoms with Crippen LogP contribution in [0.15, 0.2) is 18.2 Å². The zero-order chi connectivity index (χ0) is 19.4. The van der Waals surface area contributed by atoms with Crippen LogP contribution < -0.4 is 11.1 Å². The molecule has 1 saturated heterocycles. The highest BCUT2D eigenvalue weighted by molar-refractivity contribution is 7.98. The molecule has 1 fully saturated rings. The lowest BCUT2D eigenvalue weighted by Gasteiger charge is -2.33. The van der Waals surface area contributed by atoms with Crippen LogP contribution in [0.3, 0.4) is 0 Å². The number of rotatable bonds is 6. The number of amides is 3. The summed E-state index contributed by atoms with van der Waals surface area (Å²) in [6.07, 6.45) is 4.29. The molecule has 1 aliphatic heterocycles. The molecule has 2 heterocycles. The van der Waals surface area contributed by atoms with E-state index in [1.54, 1.807) is 23.1 Å². The summed E-state index contributed by atoms with van der Waals surface area (Å²) < 4.78 is 1.13. The lowest BCUT2D eigenvalue weighted by atomic mass is 9.97. The summed E-state index contributed by atoms with van der Waals surface area (Å²) in [6, 6.07) is 4.58. The van der Waals surface area contributed by atoms with E-state index in [0.29, 0.717) is 30.5 Å². The maximum atomic E-state index is 12.8. The molecule has 0 spiro atoms. The molecule has 1 unspecified atom stereocenters. The number of carbonyl (C=O) groups excluding carboxylic acids is 2. The fraction of sp³-hybridized carbons (Fsp3) is 0.500. The van der Waals surface area contributed by atoms with E-state index < -0.39 is 12.1 Å². The van der Waals surface area contributed by atoms with Gasteiger partial charge in [-0.05, 0) is 49.5 Å². The second kappa shape index (κ2) is 9.12. The summed E-state index contributed by atoms with van der Waals surface area (Å²) >= 11 is 9.39. The van der Waals surface area contributed by atoms with E-state index >= 15 is 0 Å². The maximum absolute atomic E-state index is 12.8. The molecule has 0 radical (unpaired) electrons. The molecule has 6 nitrogen and oxygen atoms in total. The van der Waals surface area contributed by atoms with Crippen molar-refractivity contribution in [1.29, 1.82) is 0 Å². The molecule has 3 rings (SSSR count). The number of thiazole rings is 1. The predicted octanol–water partition coefficient (Wildman–Crippen LogP) is 3.45. The molecule has 146 valence electrons. The maximum Gasteiger partial charge on any atom is 0.312 e. The van der Waals surface area contributed by atoms with Crippen LogP contribution in [-0.2, 0) is 4.79 Å². The zero-order valence-corrected chi connectivity index (χ0v) is 17.5. The second-order valence-electron chi connectivity index (χ2n) is 6.61. The lowest BCUT2D eigenvalue weighted by molar-refractivity contribution is -0.134. The number of halogens is 1. The highest BCUT2D eigenvalue weighted by Gasteiger charge is 2.30. The van der Waals surface area contributed by atoms with Gasteiger partial charge in [0.15, 0.2) is 0 Å². The van der Waals surface area contributed by atoms with Crippen LogP contribution in [0.4, 0.5) is 4.79 Å². The van der Waals surface area contributed by atoms with Gasteiger partial charge in [0.05, 0.1) is 15.2 Å². The van der Waals surface area contributed by atoms with Crippen molar-refractivity contribution in [2.45, 2.75) is 31.2 Å². The smallest absolute Gasteiger partial charge is 0.312 e. The third-order valence-electron chi connectivity index (χ3n) is 4.75. The van der Waals surface area contributed by atoms with Crippen LogP contribution in [0.5, 0.6) is 0 Å². The Morgan fingerprint density at radius 2 is 2.19 bits per heavy atom. The van der Waals surface area contributed by atoms with Gasteiger partial charge in [-0.2, -0.15) is 11.8 Å². The average molecular weight is 427 g/mol. The minimum Gasteiger partial charge on any atom is -0.352 e. The molecular formula is C18H23ClN4O2S2. The molecule has 0 saturated carbocycles. The van der Waals surface area contributed by atoms with Gasteiger partial charge >= 0.3 is 6.03 Å². The van der Waals surface area contributed by atoms with E-state index in [1.165, 1.54) is 0 Å². The van der Waals surface area contributed by atoms with Crippen molar-refractivity contribution in [2.24, 2.45) is 5.73 Å². The number of piperidine rings is 1. The van der Waals surface area contributed by atoms with Crippen LogP contribution in [0.25, 0.3) is 10.2 Å².